The number of rotatable bonds is 0. The molecule has 1 atom stereocenters. The van der Waals surface area contributed by atoms with Crippen LogP contribution in [0.2, 0.25) is 0 Å². The summed E-state index contributed by atoms with van der Waals surface area (Å²) in [6, 6.07) is 10.1. The van der Waals surface area contributed by atoms with Gasteiger partial charge in [-0.25, -0.2) is 4.98 Å². The van der Waals surface area contributed by atoms with Crippen LogP contribution in [0.25, 0.3) is 17.0 Å². The van der Waals surface area contributed by atoms with Gasteiger partial charge >= 0.3 is 0 Å². The molecule has 0 spiro atoms. The van der Waals surface area contributed by atoms with Crippen LogP contribution in [0.1, 0.15) is 24.6 Å². The Bertz CT molecular complexity index is 584. The van der Waals surface area contributed by atoms with Crippen LogP contribution in [-0.4, -0.2) is 10.1 Å². The van der Waals surface area contributed by atoms with E-state index in [0.29, 0.717) is 6.42 Å². The summed E-state index contributed by atoms with van der Waals surface area (Å²) in [5.41, 5.74) is 1.91. The number of benzene rings is 1. The molecule has 80 valence electrons. The maximum absolute atomic E-state index is 10.3. The van der Waals surface area contributed by atoms with Crippen LogP contribution < -0.4 is 0 Å². The smallest absolute Gasteiger partial charge is 0.108 e. The lowest BCUT2D eigenvalue weighted by molar-refractivity contribution is 0.0549. The van der Waals surface area contributed by atoms with Gasteiger partial charge in [-0.3, -0.25) is 0 Å². The van der Waals surface area contributed by atoms with Crippen LogP contribution in [-0.2, 0) is 5.60 Å². The highest BCUT2D eigenvalue weighted by molar-refractivity contribution is 5.82. The number of hydrogen-bond donors (Lipinski definition) is 1. The van der Waals surface area contributed by atoms with Gasteiger partial charge in [0.05, 0.1) is 11.2 Å². The van der Waals surface area contributed by atoms with Gasteiger partial charge < -0.3 is 5.11 Å². The summed E-state index contributed by atoms with van der Waals surface area (Å²) in [4.78, 5) is 4.57. The molecule has 0 aliphatic heterocycles. The number of nitrogens with zero attached hydrogens (tertiary/aromatic N) is 1. The van der Waals surface area contributed by atoms with Gasteiger partial charge in [0, 0.05) is 5.39 Å². The first-order valence-electron chi connectivity index (χ1n) is 5.46. The van der Waals surface area contributed by atoms with Crippen LogP contribution in [0, 0.1) is 0 Å². The second-order valence-corrected chi connectivity index (χ2v) is 4.50. The van der Waals surface area contributed by atoms with E-state index in [-0.39, 0.29) is 0 Å². The Hall–Kier alpha value is -1.67. The maximum Gasteiger partial charge on any atom is 0.108 e. The summed E-state index contributed by atoms with van der Waals surface area (Å²) in [6.45, 7) is 1.82. The van der Waals surface area contributed by atoms with Gasteiger partial charge in [-0.15, -0.1) is 0 Å². The van der Waals surface area contributed by atoms with Crippen molar-refractivity contribution in [2.45, 2.75) is 18.9 Å². The molecule has 0 radical (unpaired) electrons. The second-order valence-electron chi connectivity index (χ2n) is 4.50. The average molecular weight is 211 g/mol. The number of aliphatic hydroxyl groups is 1. The summed E-state index contributed by atoms with van der Waals surface area (Å²) < 4.78 is 0. The van der Waals surface area contributed by atoms with E-state index in [1.165, 1.54) is 0 Å². The summed E-state index contributed by atoms with van der Waals surface area (Å²) in [5, 5.41) is 11.4. The summed E-state index contributed by atoms with van der Waals surface area (Å²) in [6.07, 6.45) is 4.66. The van der Waals surface area contributed by atoms with Crippen molar-refractivity contribution in [2.75, 3.05) is 0 Å². The number of pyridine rings is 1. The van der Waals surface area contributed by atoms with Crippen molar-refractivity contribution in [3.63, 3.8) is 0 Å². The molecule has 0 amide bonds. The van der Waals surface area contributed by atoms with E-state index in [1.54, 1.807) is 0 Å². The standard InChI is InChI=1S/C14H13NO/c1-14(16)8-4-6-11-9-10-5-2-3-7-12(10)15-13(11)14/h2-7,9,16H,8H2,1H3. The fourth-order valence-corrected chi connectivity index (χ4v) is 2.20. The second kappa shape index (κ2) is 3.16. The van der Waals surface area contributed by atoms with Crippen LogP contribution in [0.3, 0.4) is 0 Å². The van der Waals surface area contributed by atoms with E-state index in [1.807, 2.05) is 43.3 Å². The van der Waals surface area contributed by atoms with Crippen molar-refractivity contribution in [3.05, 3.63) is 47.7 Å². The molecule has 1 heterocycles. The van der Waals surface area contributed by atoms with Gasteiger partial charge in [-0.2, -0.15) is 0 Å². The van der Waals surface area contributed by atoms with E-state index < -0.39 is 5.60 Å². The van der Waals surface area contributed by atoms with Gasteiger partial charge in [0.15, 0.2) is 0 Å². The zero-order chi connectivity index (χ0) is 11.2. The lowest BCUT2D eigenvalue weighted by atomic mass is 9.88. The first-order chi connectivity index (χ1) is 7.67. The van der Waals surface area contributed by atoms with E-state index in [4.69, 9.17) is 0 Å². The Kier molecular flexibility index (Phi) is 1.88. The minimum absolute atomic E-state index is 0.630. The van der Waals surface area contributed by atoms with Gasteiger partial charge in [0.1, 0.15) is 5.60 Å². The lowest BCUT2D eigenvalue weighted by Crippen LogP contribution is -2.25. The molecule has 1 aliphatic rings. The van der Waals surface area contributed by atoms with Crippen molar-refractivity contribution < 1.29 is 5.11 Å². The predicted molar refractivity (Wildman–Crippen MR) is 65.0 cm³/mol. The van der Waals surface area contributed by atoms with Gasteiger partial charge in [-0.05, 0) is 31.0 Å². The van der Waals surface area contributed by atoms with Gasteiger partial charge in [0.2, 0.25) is 0 Å². The molecule has 0 fully saturated rings. The molecule has 2 aromatic rings. The molecule has 2 heteroatoms. The van der Waals surface area contributed by atoms with Crippen LogP contribution in [0.4, 0.5) is 0 Å². The fourth-order valence-electron chi connectivity index (χ4n) is 2.20. The van der Waals surface area contributed by atoms with E-state index in [9.17, 15) is 5.11 Å². The largest absolute Gasteiger partial charge is 0.383 e. The van der Waals surface area contributed by atoms with Gasteiger partial charge in [0.25, 0.3) is 0 Å². The molecule has 0 saturated carbocycles. The van der Waals surface area contributed by atoms with Crippen LogP contribution in [0.15, 0.2) is 36.4 Å². The Morgan fingerprint density at radius 2 is 2.12 bits per heavy atom. The Labute approximate surface area is 94.3 Å². The van der Waals surface area contributed by atoms with E-state index in [0.717, 1.165) is 22.2 Å². The van der Waals surface area contributed by atoms with Crippen molar-refractivity contribution in [3.8, 4) is 0 Å². The van der Waals surface area contributed by atoms with E-state index in [2.05, 4.69) is 11.1 Å². The topological polar surface area (TPSA) is 33.1 Å². The molecule has 1 aliphatic carbocycles. The molecular formula is C14H13NO. The monoisotopic (exact) mass is 211 g/mol. The zero-order valence-corrected chi connectivity index (χ0v) is 9.14. The molecular weight excluding hydrogens is 198 g/mol. The number of hydrogen-bond acceptors (Lipinski definition) is 2. The minimum Gasteiger partial charge on any atom is -0.383 e. The molecule has 1 aromatic heterocycles. The van der Waals surface area contributed by atoms with Gasteiger partial charge in [-0.1, -0.05) is 30.4 Å². The third-order valence-corrected chi connectivity index (χ3v) is 3.08. The molecule has 1 N–H and O–H groups in total. The molecule has 2 nitrogen and oxygen atoms in total. The SMILES string of the molecule is CC1(O)CC=Cc2cc3ccccc3nc21. The Morgan fingerprint density at radius 3 is 3.00 bits per heavy atom. The molecule has 0 saturated heterocycles. The Morgan fingerprint density at radius 1 is 1.31 bits per heavy atom. The highest BCUT2D eigenvalue weighted by Crippen LogP contribution is 2.33. The van der Waals surface area contributed by atoms with Crippen LogP contribution in [0.5, 0.6) is 0 Å². The van der Waals surface area contributed by atoms with Crippen molar-refractivity contribution in [1.29, 1.82) is 0 Å². The molecule has 3 rings (SSSR count). The quantitative estimate of drug-likeness (QED) is 0.726. The fraction of sp³-hybridized carbons (Fsp3) is 0.214. The summed E-state index contributed by atoms with van der Waals surface area (Å²) in [5.74, 6) is 0. The van der Waals surface area contributed by atoms with Crippen molar-refractivity contribution in [2.24, 2.45) is 0 Å². The first-order valence-corrected chi connectivity index (χ1v) is 5.46. The van der Waals surface area contributed by atoms with Crippen molar-refractivity contribution in [1.82, 2.24) is 4.98 Å². The highest BCUT2D eigenvalue weighted by atomic mass is 16.3. The first kappa shape index (κ1) is 9.55. The maximum atomic E-state index is 10.3. The number of fused-ring (bicyclic) bond motifs is 2. The van der Waals surface area contributed by atoms with Crippen molar-refractivity contribution >= 4 is 17.0 Å². The molecule has 1 aromatic carbocycles. The average Bonchev–Trinajstić information content (AvgIpc) is 2.27. The summed E-state index contributed by atoms with van der Waals surface area (Å²) >= 11 is 0. The van der Waals surface area contributed by atoms with E-state index >= 15 is 0 Å². The third-order valence-electron chi connectivity index (χ3n) is 3.08. The lowest BCUT2D eigenvalue weighted by Gasteiger charge is -2.26. The molecule has 0 bridgehead atoms. The zero-order valence-electron chi connectivity index (χ0n) is 9.14. The highest BCUT2D eigenvalue weighted by Gasteiger charge is 2.28. The Balaban J connectivity index is 2.35. The number of aromatic nitrogens is 1. The summed E-state index contributed by atoms with van der Waals surface area (Å²) in [7, 11) is 0. The predicted octanol–water partition coefficient (Wildman–Crippen LogP) is 2.86. The normalized spacial score (nSPS) is 23.4. The molecule has 1 unspecified atom stereocenters. The third kappa shape index (κ3) is 1.34. The number of para-hydroxylation sites is 1. The molecule has 16 heavy (non-hydrogen) atoms. The van der Waals surface area contributed by atoms with Crippen LogP contribution >= 0.6 is 0 Å². The minimum atomic E-state index is -0.839.